The molecule has 0 bridgehead atoms. The van der Waals surface area contributed by atoms with Gasteiger partial charge in [-0.05, 0) is 63.7 Å². The van der Waals surface area contributed by atoms with E-state index in [-0.39, 0.29) is 21.7 Å². The van der Waals surface area contributed by atoms with Crippen molar-refractivity contribution >= 4 is 7.05 Å². The Balaban J connectivity index is 0. The Morgan fingerprint density at radius 3 is 1.61 bits per heavy atom. The molecule has 1 rings (SSSR count). The normalized spacial score (nSPS) is 13.4. The molecule has 0 fully saturated rings. The van der Waals surface area contributed by atoms with Crippen LogP contribution in [0.4, 0.5) is 0 Å². The molecule has 160 valence electrons. The van der Waals surface area contributed by atoms with E-state index in [9.17, 15) is 0 Å². The zero-order chi connectivity index (χ0) is 20.2. The first-order valence-electron chi connectivity index (χ1n) is 11.4. The van der Waals surface area contributed by atoms with Gasteiger partial charge in [0.1, 0.15) is 0 Å². The summed E-state index contributed by atoms with van der Waals surface area (Å²) in [7, 11) is -1.08. The van der Waals surface area contributed by atoms with E-state index in [1.165, 1.54) is 62.7 Å². The Morgan fingerprint density at radius 1 is 0.821 bits per heavy atom. The summed E-state index contributed by atoms with van der Waals surface area (Å²) < 4.78 is 5.33. The predicted octanol–water partition coefficient (Wildman–Crippen LogP) is 9.35. The third-order valence-electron chi connectivity index (χ3n) is 4.73. The topological polar surface area (TPSA) is 12.4 Å². The van der Waals surface area contributed by atoms with Crippen molar-refractivity contribution in [3.05, 3.63) is 48.2 Å². The van der Waals surface area contributed by atoms with Crippen molar-refractivity contribution in [1.82, 2.24) is 0 Å². The molecular formula is C25H46NPTi. The zero-order valence-corrected chi connectivity index (χ0v) is 21.9. The molecule has 0 heterocycles. The number of rotatable bonds is 13. The second kappa shape index (κ2) is 21.6. The van der Waals surface area contributed by atoms with Gasteiger partial charge in [-0.15, -0.1) is 0 Å². The van der Waals surface area contributed by atoms with Gasteiger partial charge in [0.05, 0.1) is 0 Å². The SMILES string of the molecule is CCC=CC=CCC.CCCCP(CCCC)(CCCC)=NC1=CC=CC1.[Ti]. The number of hydrogen-bond acceptors (Lipinski definition) is 1. The van der Waals surface area contributed by atoms with Gasteiger partial charge in [0.15, 0.2) is 0 Å². The van der Waals surface area contributed by atoms with Gasteiger partial charge in [0.2, 0.25) is 0 Å². The summed E-state index contributed by atoms with van der Waals surface area (Å²) >= 11 is 0. The maximum absolute atomic E-state index is 5.33. The van der Waals surface area contributed by atoms with Gasteiger partial charge in [-0.25, -0.2) is 0 Å². The minimum atomic E-state index is -1.08. The number of unbranched alkanes of at least 4 members (excludes halogenated alkanes) is 3. The van der Waals surface area contributed by atoms with Crippen molar-refractivity contribution in [1.29, 1.82) is 0 Å². The Morgan fingerprint density at radius 2 is 1.29 bits per heavy atom. The molecule has 0 spiro atoms. The summed E-state index contributed by atoms with van der Waals surface area (Å²) in [5.41, 5.74) is 1.36. The first kappa shape index (κ1) is 30.1. The molecule has 0 aromatic rings. The maximum atomic E-state index is 5.33. The quantitative estimate of drug-likeness (QED) is 0.154. The van der Waals surface area contributed by atoms with Crippen LogP contribution in [0, 0.1) is 0 Å². The smallest absolute Gasteiger partial charge is 0.0425 e. The van der Waals surface area contributed by atoms with Crippen LogP contribution in [0.3, 0.4) is 0 Å². The zero-order valence-electron chi connectivity index (χ0n) is 19.4. The Labute approximate surface area is 192 Å². The van der Waals surface area contributed by atoms with Crippen molar-refractivity contribution in [3.63, 3.8) is 0 Å². The first-order valence-corrected chi connectivity index (χ1v) is 13.7. The number of allylic oxidation sites excluding steroid dienone is 7. The standard InChI is InChI=1S/C17H32NP.C8H14.Ti/c1-4-7-14-19(15-8-5-2,16-9-6-3)18-17-12-10-11-13-17;1-3-5-7-8-6-4-2;/h10-12H,4-9,13-16H2,1-3H3;5-8H,3-4H2,1-2H3;. The molecule has 0 atom stereocenters. The predicted molar refractivity (Wildman–Crippen MR) is 129 cm³/mol. The van der Waals surface area contributed by atoms with Crippen LogP contribution in [-0.2, 0) is 21.7 Å². The summed E-state index contributed by atoms with van der Waals surface area (Å²) in [4.78, 5) is 0. The fraction of sp³-hybridized carbons (Fsp3) is 0.680. The molecule has 1 aliphatic carbocycles. The molecule has 0 saturated heterocycles. The minimum Gasteiger partial charge on any atom is -0.272 e. The fourth-order valence-electron chi connectivity index (χ4n) is 3.05. The molecule has 0 aromatic heterocycles. The number of hydrogen-bond donors (Lipinski definition) is 0. The molecular weight excluding hydrogens is 393 g/mol. The molecule has 0 aliphatic heterocycles. The van der Waals surface area contributed by atoms with Crippen molar-refractivity contribution in [3.8, 4) is 0 Å². The number of nitrogens with zero attached hydrogens (tertiary/aromatic N) is 1. The van der Waals surface area contributed by atoms with Crippen molar-refractivity contribution in [2.75, 3.05) is 18.5 Å². The molecule has 0 saturated carbocycles. The van der Waals surface area contributed by atoms with Crippen LogP contribution in [0.15, 0.2) is 53.0 Å². The van der Waals surface area contributed by atoms with Crippen LogP contribution in [0.2, 0.25) is 0 Å². The molecule has 0 amide bonds. The molecule has 0 N–H and O–H groups in total. The summed E-state index contributed by atoms with van der Waals surface area (Å²) in [5, 5.41) is 0. The van der Waals surface area contributed by atoms with Crippen molar-refractivity contribution in [2.45, 2.75) is 92.4 Å². The van der Waals surface area contributed by atoms with Crippen LogP contribution in [-0.4, -0.2) is 18.5 Å². The van der Waals surface area contributed by atoms with Gasteiger partial charge >= 0.3 is 0 Å². The van der Waals surface area contributed by atoms with Crippen molar-refractivity contribution in [2.24, 2.45) is 4.74 Å². The van der Waals surface area contributed by atoms with Crippen LogP contribution in [0.25, 0.3) is 0 Å². The van der Waals surface area contributed by atoms with E-state index in [1.807, 2.05) is 0 Å². The summed E-state index contributed by atoms with van der Waals surface area (Å²) in [6, 6.07) is 0. The second-order valence-corrected chi connectivity index (χ2v) is 11.1. The second-order valence-electron chi connectivity index (χ2n) is 7.39. The largest absolute Gasteiger partial charge is 0.272 e. The molecule has 0 radical (unpaired) electrons. The summed E-state index contributed by atoms with van der Waals surface area (Å²) in [6.07, 6.45) is 30.7. The molecule has 3 heteroatoms. The Kier molecular flexibility index (Phi) is 23.2. The van der Waals surface area contributed by atoms with E-state index < -0.39 is 7.05 Å². The van der Waals surface area contributed by atoms with E-state index >= 15 is 0 Å². The third kappa shape index (κ3) is 15.8. The van der Waals surface area contributed by atoms with Gasteiger partial charge in [-0.3, -0.25) is 4.74 Å². The molecule has 1 aliphatic rings. The van der Waals surface area contributed by atoms with Crippen LogP contribution >= 0.6 is 7.05 Å². The van der Waals surface area contributed by atoms with E-state index in [4.69, 9.17) is 4.74 Å². The van der Waals surface area contributed by atoms with Crippen molar-refractivity contribution < 1.29 is 21.7 Å². The van der Waals surface area contributed by atoms with E-state index in [1.54, 1.807) is 0 Å². The maximum Gasteiger partial charge on any atom is 0.0425 e. The molecule has 0 unspecified atom stereocenters. The monoisotopic (exact) mass is 439 g/mol. The van der Waals surface area contributed by atoms with Crippen LogP contribution < -0.4 is 0 Å². The van der Waals surface area contributed by atoms with Gasteiger partial charge in [0.25, 0.3) is 0 Å². The van der Waals surface area contributed by atoms with E-state index in [0.717, 1.165) is 19.3 Å². The summed E-state index contributed by atoms with van der Waals surface area (Å²) in [6.45, 7) is 11.2. The minimum absolute atomic E-state index is 0. The van der Waals surface area contributed by atoms with Gasteiger partial charge in [-0.1, -0.05) is 90.3 Å². The van der Waals surface area contributed by atoms with Crippen LogP contribution in [0.5, 0.6) is 0 Å². The Hall–Kier alpha value is -0.0957. The first-order chi connectivity index (χ1) is 13.2. The average molecular weight is 439 g/mol. The van der Waals surface area contributed by atoms with E-state index in [2.05, 4.69) is 77.2 Å². The van der Waals surface area contributed by atoms with E-state index in [0.29, 0.717) is 0 Å². The third-order valence-corrected chi connectivity index (χ3v) is 8.86. The molecule has 1 nitrogen and oxygen atoms in total. The average Bonchev–Trinajstić information content (AvgIpc) is 3.20. The van der Waals surface area contributed by atoms with Crippen LogP contribution in [0.1, 0.15) is 92.4 Å². The summed E-state index contributed by atoms with van der Waals surface area (Å²) in [5.74, 6) is 0. The Bertz CT molecular complexity index is 474. The van der Waals surface area contributed by atoms with Gasteiger partial charge in [0, 0.05) is 33.8 Å². The molecule has 28 heavy (non-hydrogen) atoms. The fourth-order valence-corrected chi connectivity index (χ4v) is 7.43. The van der Waals surface area contributed by atoms with Gasteiger partial charge < -0.3 is 0 Å². The van der Waals surface area contributed by atoms with Gasteiger partial charge in [-0.2, -0.15) is 0 Å². The molecule has 0 aromatic carbocycles.